The van der Waals surface area contributed by atoms with Crippen molar-refractivity contribution in [3.63, 3.8) is 0 Å². The summed E-state index contributed by atoms with van der Waals surface area (Å²) in [6, 6.07) is 8.38. The SMILES string of the molecule is CC.CC.Cc1cccc2cc[nH]c12. The maximum absolute atomic E-state index is 3.19. The van der Waals surface area contributed by atoms with Gasteiger partial charge < -0.3 is 4.98 Å². The number of aromatic amines is 1. The van der Waals surface area contributed by atoms with Gasteiger partial charge in [0.05, 0.1) is 0 Å². The average molecular weight is 191 g/mol. The van der Waals surface area contributed by atoms with E-state index in [-0.39, 0.29) is 0 Å². The Bertz CT molecular complexity index is 347. The molecule has 0 spiro atoms. The second-order valence-corrected chi connectivity index (χ2v) is 2.52. The molecule has 0 bridgehead atoms. The summed E-state index contributed by atoms with van der Waals surface area (Å²) in [5.41, 5.74) is 2.56. The van der Waals surface area contributed by atoms with Crippen molar-refractivity contribution in [3.8, 4) is 0 Å². The summed E-state index contributed by atoms with van der Waals surface area (Å²) in [7, 11) is 0. The van der Waals surface area contributed by atoms with Crippen molar-refractivity contribution in [3.05, 3.63) is 36.0 Å². The van der Waals surface area contributed by atoms with Crippen LogP contribution >= 0.6 is 0 Å². The summed E-state index contributed by atoms with van der Waals surface area (Å²) in [5.74, 6) is 0. The van der Waals surface area contributed by atoms with Crippen molar-refractivity contribution in [2.24, 2.45) is 0 Å². The molecule has 2 aromatic rings. The number of fused-ring (bicyclic) bond motifs is 1. The molecule has 0 saturated carbocycles. The Morgan fingerprint density at radius 2 is 1.57 bits per heavy atom. The number of aryl methyl sites for hydroxylation is 1. The lowest BCUT2D eigenvalue weighted by Gasteiger charge is -1.92. The monoisotopic (exact) mass is 191 g/mol. The highest BCUT2D eigenvalue weighted by Gasteiger charge is 1.93. The Balaban J connectivity index is 0.000000379. The zero-order valence-electron chi connectivity index (χ0n) is 9.89. The van der Waals surface area contributed by atoms with Crippen molar-refractivity contribution in [1.29, 1.82) is 0 Å². The van der Waals surface area contributed by atoms with Crippen LogP contribution in [0.15, 0.2) is 30.5 Å². The third kappa shape index (κ3) is 2.91. The van der Waals surface area contributed by atoms with E-state index in [1.807, 2.05) is 33.9 Å². The normalized spacial score (nSPS) is 8.36. The van der Waals surface area contributed by atoms with Crippen molar-refractivity contribution < 1.29 is 0 Å². The van der Waals surface area contributed by atoms with E-state index in [2.05, 4.69) is 36.2 Å². The van der Waals surface area contributed by atoms with Gasteiger partial charge in [0.25, 0.3) is 0 Å². The van der Waals surface area contributed by atoms with Crippen LogP contribution in [0, 0.1) is 6.92 Å². The Morgan fingerprint density at radius 1 is 0.929 bits per heavy atom. The Labute approximate surface area is 87.2 Å². The molecule has 0 atom stereocenters. The maximum atomic E-state index is 3.19. The number of aromatic nitrogens is 1. The molecule has 0 aliphatic heterocycles. The van der Waals surface area contributed by atoms with Crippen LogP contribution in [0.25, 0.3) is 10.9 Å². The summed E-state index contributed by atoms with van der Waals surface area (Å²) in [5, 5.41) is 1.29. The highest BCUT2D eigenvalue weighted by molar-refractivity contribution is 5.82. The third-order valence-corrected chi connectivity index (χ3v) is 1.80. The van der Waals surface area contributed by atoms with Crippen LogP contribution in [0.2, 0.25) is 0 Å². The minimum absolute atomic E-state index is 1.25. The van der Waals surface area contributed by atoms with E-state index in [0.717, 1.165) is 0 Å². The van der Waals surface area contributed by atoms with Gasteiger partial charge in [-0.3, -0.25) is 0 Å². The molecule has 14 heavy (non-hydrogen) atoms. The van der Waals surface area contributed by atoms with Crippen molar-refractivity contribution >= 4 is 10.9 Å². The van der Waals surface area contributed by atoms with E-state index < -0.39 is 0 Å². The highest BCUT2D eigenvalue weighted by atomic mass is 14.7. The zero-order chi connectivity index (χ0) is 11.0. The number of nitrogens with one attached hydrogen (secondary N) is 1. The molecule has 1 nitrogen and oxygen atoms in total. The number of rotatable bonds is 0. The van der Waals surface area contributed by atoms with E-state index in [1.165, 1.54) is 16.5 Å². The first-order valence-corrected chi connectivity index (χ1v) is 5.40. The molecular weight excluding hydrogens is 170 g/mol. The quantitative estimate of drug-likeness (QED) is 0.629. The van der Waals surface area contributed by atoms with E-state index >= 15 is 0 Å². The number of para-hydroxylation sites is 1. The van der Waals surface area contributed by atoms with Gasteiger partial charge in [-0.1, -0.05) is 45.9 Å². The molecule has 0 saturated heterocycles. The third-order valence-electron chi connectivity index (χ3n) is 1.80. The molecule has 1 heteroatoms. The smallest absolute Gasteiger partial charge is 0.0483 e. The van der Waals surface area contributed by atoms with Gasteiger partial charge in [-0.2, -0.15) is 0 Å². The summed E-state index contributed by atoms with van der Waals surface area (Å²) in [4.78, 5) is 3.19. The molecule has 1 N–H and O–H groups in total. The zero-order valence-corrected chi connectivity index (χ0v) is 9.89. The molecule has 0 radical (unpaired) electrons. The minimum Gasteiger partial charge on any atom is -0.361 e. The fourth-order valence-electron chi connectivity index (χ4n) is 1.24. The van der Waals surface area contributed by atoms with Gasteiger partial charge >= 0.3 is 0 Å². The lowest BCUT2D eigenvalue weighted by molar-refractivity contribution is 1.42. The van der Waals surface area contributed by atoms with Crippen LogP contribution in [0.5, 0.6) is 0 Å². The number of hydrogen-bond donors (Lipinski definition) is 1. The Hall–Kier alpha value is -1.24. The lowest BCUT2D eigenvalue weighted by atomic mass is 10.2. The predicted octanol–water partition coefficient (Wildman–Crippen LogP) is 4.53. The molecule has 0 aliphatic rings. The van der Waals surface area contributed by atoms with Crippen LogP contribution < -0.4 is 0 Å². The molecule has 78 valence electrons. The van der Waals surface area contributed by atoms with Crippen LogP contribution in [0.1, 0.15) is 33.3 Å². The molecule has 0 aliphatic carbocycles. The average Bonchev–Trinajstić information content (AvgIpc) is 2.73. The second-order valence-electron chi connectivity index (χ2n) is 2.52. The van der Waals surface area contributed by atoms with Gasteiger partial charge in [-0.25, -0.2) is 0 Å². The van der Waals surface area contributed by atoms with Gasteiger partial charge in [0, 0.05) is 11.7 Å². The molecule has 0 fully saturated rings. The molecule has 1 aromatic carbocycles. The van der Waals surface area contributed by atoms with Crippen LogP contribution in [-0.2, 0) is 0 Å². The number of benzene rings is 1. The standard InChI is InChI=1S/C9H9N.2C2H6/c1-7-3-2-4-8-5-6-10-9(7)8;2*1-2/h2-6,10H,1H3;2*1-2H3. The molecular formula is C13H21N. The lowest BCUT2D eigenvalue weighted by Crippen LogP contribution is -1.72. The first-order valence-electron chi connectivity index (χ1n) is 5.40. The summed E-state index contributed by atoms with van der Waals surface area (Å²) in [6.45, 7) is 10.1. The number of hydrogen-bond acceptors (Lipinski definition) is 0. The largest absolute Gasteiger partial charge is 0.361 e. The van der Waals surface area contributed by atoms with Gasteiger partial charge in [0.15, 0.2) is 0 Å². The molecule has 0 unspecified atom stereocenters. The first kappa shape index (κ1) is 12.8. The van der Waals surface area contributed by atoms with E-state index in [9.17, 15) is 0 Å². The van der Waals surface area contributed by atoms with Crippen LogP contribution in [-0.4, -0.2) is 4.98 Å². The van der Waals surface area contributed by atoms with Crippen LogP contribution in [0.3, 0.4) is 0 Å². The van der Waals surface area contributed by atoms with E-state index in [4.69, 9.17) is 0 Å². The van der Waals surface area contributed by atoms with Gasteiger partial charge in [0.1, 0.15) is 0 Å². The Morgan fingerprint density at radius 3 is 2.14 bits per heavy atom. The van der Waals surface area contributed by atoms with E-state index in [1.54, 1.807) is 0 Å². The van der Waals surface area contributed by atoms with Gasteiger partial charge in [0.2, 0.25) is 0 Å². The first-order chi connectivity index (χ1) is 6.88. The second kappa shape index (κ2) is 7.19. The molecule has 1 aromatic heterocycles. The molecule has 0 amide bonds. The highest BCUT2D eigenvalue weighted by Crippen LogP contribution is 2.14. The predicted molar refractivity (Wildman–Crippen MR) is 65.7 cm³/mol. The molecule has 1 heterocycles. The van der Waals surface area contributed by atoms with Gasteiger partial charge in [-0.15, -0.1) is 0 Å². The van der Waals surface area contributed by atoms with Crippen LogP contribution in [0.4, 0.5) is 0 Å². The van der Waals surface area contributed by atoms with Crippen molar-refractivity contribution in [2.45, 2.75) is 34.6 Å². The van der Waals surface area contributed by atoms with Gasteiger partial charge in [-0.05, 0) is 23.9 Å². The maximum Gasteiger partial charge on any atom is 0.0483 e. The van der Waals surface area contributed by atoms with Crippen molar-refractivity contribution in [2.75, 3.05) is 0 Å². The summed E-state index contributed by atoms with van der Waals surface area (Å²) < 4.78 is 0. The van der Waals surface area contributed by atoms with E-state index in [0.29, 0.717) is 0 Å². The number of H-pyrrole nitrogens is 1. The Kier molecular flexibility index (Phi) is 6.55. The summed E-state index contributed by atoms with van der Waals surface area (Å²) in [6.07, 6.45) is 1.97. The minimum atomic E-state index is 1.25. The fourth-order valence-corrected chi connectivity index (χ4v) is 1.24. The molecule has 2 rings (SSSR count). The topological polar surface area (TPSA) is 15.8 Å². The summed E-state index contributed by atoms with van der Waals surface area (Å²) >= 11 is 0. The van der Waals surface area contributed by atoms with Crippen molar-refractivity contribution in [1.82, 2.24) is 4.98 Å². The fraction of sp³-hybridized carbons (Fsp3) is 0.385.